The molecular formula is C38H92BrClIN5O11S4. The minimum atomic E-state index is -3.27. The van der Waals surface area contributed by atoms with Gasteiger partial charge in [-0.2, -0.15) is 0 Å². The molecule has 0 aliphatic heterocycles. The fourth-order valence-electron chi connectivity index (χ4n) is 0.370. The molecule has 0 aliphatic rings. The largest absolute Gasteiger partial charge is 0.481 e. The first-order valence-corrected chi connectivity index (χ1v) is 25.9. The lowest BCUT2D eigenvalue weighted by Gasteiger charge is -1.94. The molecule has 0 radical (unpaired) electrons. The van der Waals surface area contributed by atoms with Crippen molar-refractivity contribution in [2.24, 2.45) is 32.9 Å². The van der Waals surface area contributed by atoms with Gasteiger partial charge < -0.3 is 5.11 Å². The van der Waals surface area contributed by atoms with Crippen molar-refractivity contribution in [2.45, 2.75) is 205 Å². The highest BCUT2D eigenvalue weighted by atomic mass is 127. The maximum absolute atomic E-state index is 10.3. The van der Waals surface area contributed by atoms with Crippen LogP contribution in [0.15, 0.2) is 15.1 Å². The number of carboxylic acid groups (broad SMARTS) is 1. The number of carbonyl (C=O) groups excluding carboxylic acids is 3. The number of carbonyl (C=O) groups is 3. The number of Topliss-reactive ketones (excluding diaryl/α,β-unsaturated/α-hetero) is 1. The molecular weight excluding hydrogens is 1070 g/mol. The molecule has 0 heterocycles. The number of ketones is 1. The molecule has 0 rings (SSSR count). The standard InChI is InChI=1S/C5H10O.C4H7N3O.C4H7NO.C4H7NS.C4H8O2.C3H7BrO2S.C3H7ClO2S.C3H7IO2S.8CH4/c1-4(2)5(3)6;1-3(2)4(8)6-7-5;2*1-4(2)5-3-6;1-3(2)4(5)6;3*1-3(2)7(4,5)6;;;;;;;;/h4H,1-3H3;3H,1-2H3;2*4H,1-2H3;3H,1-2H3,(H,5,6);3*3H,1-2H3;8*1H4. The molecule has 0 fully saturated rings. The predicted molar refractivity (Wildman–Crippen MR) is 285 cm³/mol. The molecule has 61 heavy (non-hydrogen) atoms. The van der Waals surface area contributed by atoms with E-state index in [0.717, 1.165) is 0 Å². The number of rotatable bonds is 8. The SMILES string of the molecule is C.C.C.C.C.C.C.C.CC(=O)C(C)C.CC(C)C(=O)N=[N+]=[N-].CC(C)C(=O)O.CC(C)N=C=O.CC(C)N=C=S.CC(C)S(=O)(=O)Br.CC(C)S(=O)(=O)Cl.CC(C)S(=O)(=O)I. The molecule has 0 saturated heterocycles. The number of azide groups is 1. The third-order valence-corrected chi connectivity index (χ3v) is 14.1. The number of nitrogens with zero attached hydrogens (tertiary/aromatic N) is 5. The zero-order valence-electron chi connectivity index (χ0n) is 33.7. The lowest BCUT2D eigenvalue weighted by molar-refractivity contribution is -0.140. The molecule has 0 atom stereocenters. The van der Waals surface area contributed by atoms with Crippen molar-refractivity contribution in [1.29, 1.82) is 0 Å². The van der Waals surface area contributed by atoms with Gasteiger partial charge in [0.2, 0.25) is 36.3 Å². The Hall–Kier alpha value is -1.35. The van der Waals surface area contributed by atoms with Gasteiger partial charge in [-0.3, -0.25) is 14.4 Å². The fourth-order valence-corrected chi connectivity index (χ4v) is 0.581. The molecule has 0 aliphatic carbocycles. The van der Waals surface area contributed by atoms with E-state index in [1.54, 1.807) is 62.3 Å². The van der Waals surface area contributed by atoms with E-state index in [9.17, 15) is 44.4 Å². The summed E-state index contributed by atoms with van der Waals surface area (Å²) in [7, 11) is -4.13. The number of hydrogen-bond donors (Lipinski definition) is 1. The van der Waals surface area contributed by atoms with Crippen molar-refractivity contribution in [3.05, 3.63) is 10.4 Å². The zero-order valence-corrected chi connectivity index (χ0v) is 41.4. The lowest BCUT2D eigenvalue weighted by Crippen LogP contribution is -2.04. The van der Waals surface area contributed by atoms with Crippen LogP contribution in [0.4, 0.5) is 0 Å². The minimum absolute atomic E-state index is 0. The van der Waals surface area contributed by atoms with E-state index >= 15 is 0 Å². The monoisotopic (exact) mass is 1160 g/mol. The van der Waals surface area contributed by atoms with E-state index in [4.69, 9.17) is 21.3 Å². The highest BCUT2D eigenvalue weighted by molar-refractivity contribution is 14.2. The van der Waals surface area contributed by atoms with Crippen LogP contribution >= 0.6 is 58.9 Å². The summed E-state index contributed by atoms with van der Waals surface area (Å²) in [6, 6.07) is 0.407. The second kappa shape index (κ2) is 62.9. The van der Waals surface area contributed by atoms with Crippen molar-refractivity contribution in [2.75, 3.05) is 0 Å². The molecule has 0 aromatic rings. The number of aliphatic carboxylic acids is 1. The van der Waals surface area contributed by atoms with Gasteiger partial charge in [0.25, 0.3) is 0 Å². The molecule has 0 bridgehead atoms. The van der Waals surface area contributed by atoms with Gasteiger partial charge in [0, 0.05) is 27.4 Å². The number of amides is 1. The maximum atomic E-state index is 10.3. The van der Waals surface area contributed by atoms with Gasteiger partial charge in [-0.05, 0) is 99.0 Å². The molecule has 0 aromatic carbocycles. The Balaban J connectivity index is -0.0000000266. The van der Waals surface area contributed by atoms with E-state index in [1.165, 1.54) is 41.1 Å². The Morgan fingerprint density at radius 2 is 0.885 bits per heavy atom. The number of isothiocyanates is 1. The minimum Gasteiger partial charge on any atom is -0.481 e. The Morgan fingerprint density at radius 3 is 0.902 bits per heavy atom. The Bertz CT molecular complexity index is 1340. The zero-order chi connectivity index (χ0) is 45.1. The van der Waals surface area contributed by atoms with Gasteiger partial charge in [-0.15, -0.1) is 0 Å². The summed E-state index contributed by atoms with van der Waals surface area (Å²) in [5, 5.41) is 12.1. The fraction of sp³-hybridized carbons (Fsp3) is 0.868. The van der Waals surface area contributed by atoms with Crippen LogP contribution in [-0.2, 0) is 43.5 Å². The molecule has 1 amide bonds. The van der Waals surface area contributed by atoms with Crippen LogP contribution in [-0.4, -0.2) is 87.1 Å². The van der Waals surface area contributed by atoms with E-state index < -0.39 is 41.5 Å². The van der Waals surface area contributed by atoms with E-state index in [0.29, 0.717) is 6.04 Å². The number of isocyanates is 1. The molecule has 0 aromatic heterocycles. The quantitative estimate of drug-likeness (QED) is 0.0347. The number of carboxylic acids is 1. The smallest absolute Gasteiger partial charge is 0.305 e. The second-order valence-electron chi connectivity index (χ2n) is 12.1. The summed E-state index contributed by atoms with van der Waals surface area (Å²) >= 11 is 8.27. The van der Waals surface area contributed by atoms with Crippen LogP contribution in [0.25, 0.3) is 10.4 Å². The van der Waals surface area contributed by atoms with Crippen LogP contribution in [0.3, 0.4) is 0 Å². The van der Waals surface area contributed by atoms with Gasteiger partial charge in [0.05, 0.1) is 74.9 Å². The van der Waals surface area contributed by atoms with Gasteiger partial charge in [-0.1, -0.05) is 101 Å². The van der Waals surface area contributed by atoms with Crippen LogP contribution in [0.2, 0.25) is 0 Å². The third kappa shape index (κ3) is 133. The highest BCUT2D eigenvalue weighted by Gasteiger charge is 2.10. The second-order valence-corrected chi connectivity index (χ2v) is 25.7. The topological polar surface area (TPSA) is 264 Å². The Kier molecular flexibility index (Phi) is 111. The predicted octanol–water partition coefficient (Wildman–Crippen LogP) is 14.0. The van der Waals surface area contributed by atoms with Crippen molar-refractivity contribution < 1.29 is 49.5 Å². The van der Waals surface area contributed by atoms with Gasteiger partial charge in [0.15, 0.2) is 0 Å². The van der Waals surface area contributed by atoms with Crippen LogP contribution in [0.1, 0.15) is 177 Å². The van der Waals surface area contributed by atoms with Gasteiger partial charge in [-0.25, -0.2) is 40.0 Å². The summed E-state index contributed by atoms with van der Waals surface area (Å²) in [5.74, 6) is -1.10. The first kappa shape index (κ1) is 108. The van der Waals surface area contributed by atoms with Crippen molar-refractivity contribution >= 4 is 112 Å². The molecule has 0 unspecified atom stereocenters. The molecule has 380 valence electrons. The number of hydrogen-bond acceptors (Lipinski definition) is 13. The first-order valence-electron chi connectivity index (χ1n) is 15.6. The van der Waals surface area contributed by atoms with Gasteiger partial charge in [0.1, 0.15) is 5.78 Å². The average Bonchev–Trinajstić information content (AvgIpc) is 2.93. The molecule has 16 nitrogen and oxygen atoms in total. The van der Waals surface area contributed by atoms with Crippen molar-refractivity contribution in [3.63, 3.8) is 0 Å². The average molecular weight is 1170 g/mol. The summed E-state index contributed by atoms with van der Waals surface area (Å²) in [5.41, 5.74) is 7.72. The summed E-state index contributed by atoms with van der Waals surface area (Å²) in [6.45, 7) is 29.2. The van der Waals surface area contributed by atoms with Gasteiger partial charge >= 0.3 is 5.97 Å². The van der Waals surface area contributed by atoms with Crippen LogP contribution < -0.4 is 0 Å². The summed E-state index contributed by atoms with van der Waals surface area (Å²) in [4.78, 5) is 48.8. The van der Waals surface area contributed by atoms with E-state index in [2.05, 4.69) is 52.2 Å². The highest BCUT2D eigenvalue weighted by Crippen LogP contribution is 2.08. The third-order valence-electron chi connectivity index (χ3n) is 4.26. The van der Waals surface area contributed by atoms with E-state index in [1.807, 2.05) is 41.5 Å². The molecule has 0 saturated carbocycles. The van der Waals surface area contributed by atoms with Crippen LogP contribution in [0.5, 0.6) is 0 Å². The molecule has 1 N–H and O–H groups in total. The number of thiocarbonyl (C=S) groups is 1. The van der Waals surface area contributed by atoms with Crippen molar-refractivity contribution in [3.8, 4) is 0 Å². The number of aliphatic imine (C=N–C) groups is 2. The summed E-state index contributed by atoms with van der Waals surface area (Å²) < 4.78 is 61.3. The molecule has 0 spiro atoms. The number of halogens is 3. The van der Waals surface area contributed by atoms with Crippen LogP contribution in [0, 0.1) is 17.8 Å². The summed E-state index contributed by atoms with van der Waals surface area (Å²) in [6.07, 6.45) is 1.44. The van der Waals surface area contributed by atoms with Crippen molar-refractivity contribution in [1.82, 2.24) is 0 Å². The maximum Gasteiger partial charge on any atom is 0.305 e. The lowest BCUT2D eigenvalue weighted by atomic mass is 10.1. The Labute approximate surface area is 406 Å². The van der Waals surface area contributed by atoms with E-state index in [-0.39, 0.29) is 99.5 Å². The first-order chi connectivity index (χ1) is 23.3. The normalized spacial score (nSPS) is 8.79. The molecule has 23 heteroatoms. The Morgan fingerprint density at radius 1 is 0.656 bits per heavy atom.